The first-order valence-corrected chi connectivity index (χ1v) is 4.77. The van der Waals surface area contributed by atoms with E-state index in [-0.39, 0.29) is 13.2 Å². The van der Waals surface area contributed by atoms with Crippen LogP contribution in [0.4, 0.5) is 19.0 Å². The number of nitrogens with one attached hydrogen (secondary N) is 1. The van der Waals surface area contributed by atoms with Gasteiger partial charge in [0.15, 0.2) is 5.82 Å². The van der Waals surface area contributed by atoms with Crippen molar-refractivity contribution in [3.8, 4) is 0 Å². The molecular weight excluding hydrogens is 257 g/mol. The molecule has 1 aromatic heterocycles. The molecule has 0 spiro atoms. The summed E-state index contributed by atoms with van der Waals surface area (Å²) in [6.07, 6.45) is -4.02. The molecular formula is C8H9F3N4O3. The van der Waals surface area contributed by atoms with Crippen LogP contribution in [0.15, 0.2) is 6.20 Å². The molecule has 0 saturated carbocycles. The van der Waals surface area contributed by atoms with E-state index in [1.807, 2.05) is 0 Å². The molecule has 0 aliphatic carbocycles. The lowest BCUT2D eigenvalue weighted by molar-refractivity contribution is -0.167. The minimum absolute atomic E-state index is 0.172. The number of ether oxygens (including phenoxy) is 1. The van der Waals surface area contributed by atoms with Crippen molar-refractivity contribution in [2.45, 2.75) is 19.6 Å². The van der Waals surface area contributed by atoms with Crippen LogP contribution in [0.25, 0.3) is 0 Å². The van der Waals surface area contributed by atoms with Crippen LogP contribution in [0.2, 0.25) is 0 Å². The van der Waals surface area contributed by atoms with Gasteiger partial charge in [-0.2, -0.15) is 13.2 Å². The lowest BCUT2D eigenvalue weighted by atomic mass is 10.5. The molecule has 0 atom stereocenters. The van der Waals surface area contributed by atoms with E-state index in [2.05, 4.69) is 15.0 Å². The van der Waals surface area contributed by atoms with Crippen molar-refractivity contribution < 1.29 is 27.5 Å². The van der Waals surface area contributed by atoms with E-state index in [0.717, 1.165) is 10.9 Å². The number of carbonyl (C=O) groups is 2. The van der Waals surface area contributed by atoms with Gasteiger partial charge < -0.3 is 4.74 Å². The number of halogens is 3. The van der Waals surface area contributed by atoms with E-state index in [9.17, 15) is 22.8 Å². The SMILES string of the molecule is CCOC(=O)Cn1cc(NC(=O)C(F)(F)F)nn1. The van der Waals surface area contributed by atoms with E-state index in [0.29, 0.717) is 0 Å². The second-order valence-corrected chi connectivity index (χ2v) is 3.06. The Bertz CT molecular complexity index is 443. The standard InChI is InChI=1S/C8H9F3N4O3/c1-2-18-6(16)4-15-3-5(13-14-15)12-7(17)8(9,10)11/h3H,2,4H2,1H3,(H,12,17). The molecule has 1 N–H and O–H groups in total. The van der Waals surface area contributed by atoms with Crippen molar-refractivity contribution in [2.75, 3.05) is 11.9 Å². The molecule has 0 aliphatic rings. The minimum Gasteiger partial charge on any atom is -0.465 e. The molecule has 0 radical (unpaired) electrons. The van der Waals surface area contributed by atoms with Crippen LogP contribution in [-0.4, -0.2) is 39.7 Å². The van der Waals surface area contributed by atoms with Crippen molar-refractivity contribution in [3.63, 3.8) is 0 Å². The van der Waals surface area contributed by atoms with Crippen LogP contribution in [0.5, 0.6) is 0 Å². The minimum atomic E-state index is -5.01. The zero-order valence-corrected chi connectivity index (χ0v) is 9.19. The maximum atomic E-state index is 11.9. The summed E-state index contributed by atoms with van der Waals surface area (Å²) in [6, 6.07) is 0. The number of aromatic nitrogens is 3. The first-order chi connectivity index (χ1) is 8.32. The van der Waals surface area contributed by atoms with Crippen LogP contribution in [-0.2, 0) is 20.9 Å². The topological polar surface area (TPSA) is 86.1 Å². The Labute approximate surface area is 98.9 Å². The summed E-state index contributed by atoms with van der Waals surface area (Å²) in [4.78, 5) is 21.6. The monoisotopic (exact) mass is 266 g/mol. The maximum absolute atomic E-state index is 11.9. The Morgan fingerprint density at radius 3 is 2.72 bits per heavy atom. The third kappa shape index (κ3) is 4.03. The average Bonchev–Trinajstić information content (AvgIpc) is 2.64. The molecule has 10 heteroatoms. The van der Waals surface area contributed by atoms with Crippen molar-refractivity contribution >= 4 is 17.7 Å². The molecule has 18 heavy (non-hydrogen) atoms. The molecule has 1 rings (SSSR count). The highest BCUT2D eigenvalue weighted by Crippen LogP contribution is 2.16. The number of hydrogen-bond donors (Lipinski definition) is 1. The Balaban J connectivity index is 2.59. The zero-order valence-electron chi connectivity index (χ0n) is 9.19. The molecule has 1 amide bonds. The number of hydrogen-bond acceptors (Lipinski definition) is 5. The highest BCUT2D eigenvalue weighted by atomic mass is 19.4. The van der Waals surface area contributed by atoms with E-state index in [1.54, 1.807) is 6.92 Å². The van der Waals surface area contributed by atoms with E-state index in [4.69, 9.17) is 0 Å². The van der Waals surface area contributed by atoms with E-state index < -0.39 is 23.9 Å². The molecule has 100 valence electrons. The molecule has 0 saturated heterocycles. The fraction of sp³-hybridized carbons (Fsp3) is 0.500. The second-order valence-electron chi connectivity index (χ2n) is 3.06. The van der Waals surface area contributed by atoms with Crippen molar-refractivity contribution in [1.29, 1.82) is 0 Å². The summed E-state index contributed by atoms with van der Waals surface area (Å²) in [6.45, 7) is 1.47. The van der Waals surface area contributed by atoms with Gasteiger partial charge in [0.05, 0.1) is 12.8 Å². The van der Waals surface area contributed by atoms with Gasteiger partial charge in [0, 0.05) is 0 Å². The second kappa shape index (κ2) is 5.47. The summed E-state index contributed by atoms with van der Waals surface area (Å²) < 4.78 is 41.3. The van der Waals surface area contributed by atoms with E-state index in [1.165, 1.54) is 5.32 Å². The highest BCUT2D eigenvalue weighted by molar-refractivity contribution is 5.93. The Morgan fingerprint density at radius 2 is 2.17 bits per heavy atom. The molecule has 0 aromatic carbocycles. The van der Waals surface area contributed by atoms with Crippen LogP contribution in [0, 0.1) is 0 Å². The molecule has 1 heterocycles. The lowest BCUT2D eigenvalue weighted by Crippen LogP contribution is -2.30. The summed E-state index contributed by atoms with van der Waals surface area (Å²) in [7, 11) is 0. The van der Waals surface area contributed by atoms with Crippen LogP contribution < -0.4 is 5.32 Å². The van der Waals surface area contributed by atoms with Crippen LogP contribution in [0.1, 0.15) is 6.92 Å². The van der Waals surface area contributed by atoms with Gasteiger partial charge in [-0.3, -0.25) is 14.9 Å². The predicted octanol–water partition coefficient (Wildman–Crippen LogP) is 0.342. The van der Waals surface area contributed by atoms with Crippen LogP contribution in [0.3, 0.4) is 0 Å². The first kappa shape index (κ1) is 13.9. The van der Waals surface area contributed by atoms with Gasteiger partial charge in [-0.05, 0) is 6.92 Å². The van der Waals surface area contributed by atoms with E-state index >= 15 is 0 Å². The molecule has 0 bridgehead atoms. The summed E-state index contributed by atoms with van der Waals surface area (Å²) in [5.41, 5.74) is 0. The number of rotatable bonds is 4. The third-order valence-corrected chi connectivity index (χ3v) is 1.63. The number of anilines is 1. The smallest absolute Gasteiger partial charge is 0.465 e. The number of carbonyl (C=O) groups excluding carboxylic acids is 2. The highest BCUT2D eigenvalue weighted by Gasteiger charge is 2.39. The van der Waals surface area contributed by atoms with Gasteiger partial charge in [-0.15, -0.1) is 5.10 Å². The van der Waals surface area contributed by atoms with Crippen LogP contribution >= 0.6 is 0 Å². The quantitative estimate of drug-likeness (QED) is 0.794. The summed E-state index contributed by atoms with van der Waals surface area (Å²) in [5.74, 6) is -3.18. The number of nitrogens with zero attached hydrogens (tertiary/aromatic N) is 3. The predicted molar refractivity (Wildman–Crippen MR) is 51.3 cm³/mol. The summed E-state index contributed by atoms with van der Waals surface area (Å²) >= 11 is 0. The van der Waals surface area contributed by atoms with Crippen molar-refractivity contribution in [3.05, 3.63) is 6.20 Å². The van der Waals surface area contributed by atoms with Gasteiger partial charge >= 0.3 is 18.1 Å². The molecule has 1 aromatic rings. The molecule has 0 unspecified atom stereocenters. The zero-order chi connectivity index (χ0) is 13.8. The number of amides is 1. The number of esters is 1. The van der Waals surface area contributed by atoms with Gasteiger partial charge in [-0.1, -0.05) is 5.21 Å². The normalized spacial score (nSPS) is 11.1. The molecule has 7 nitrogen and oxygen atoms in total. The first-order valence-electron chi connectivity index (χ1n) is 4.77. The van der Waals surface area contributed by atoms with Crippen molar-refractivity contribution in [1.82, 2.24) is 15.0 Å². The number of alkyl halides is 3. The van der Waals surface area contributed by atoms with Gasteiger partial charge in [0.2, 0.25) is 0 Å². The fourth-order valence-corrected chi connectivity index (χ4v) is 0.959. The van der Waals surface area contributed by atoms with Gasteiger partial charge in [0.25, 0.3) is 0 Å². The Morgan fingerprint density at radius 1 is 1.50 bits per heavy atom. The largest absolute Gasteiger partial charge is 0.471 e. The van der Waals surface area contributed by atoms with Gasteiger partial charge in [0.1, 0.15) is 6.54 Å². The Hall–Kier alpha value is -2.13. The fourth-order valence-electron chi connectivity index (χ4n) is 0.959. The average molecular weight is 266 g/mol. The lowest BCUT2D eigenvalue weighted by Gasteiger charge is -2.04. The molecule has 0 aliphatic heterocycles. The third-order valence-electron chi connectivity index (χ3n) is 1.63. The van der Waals surface area contributed by atoms with Gasteiger partial charge in [-0.25, -0.2) is 4.68 Å². The van der Waals surface area contributed by atoms with Crippen molar-refractivity contribution in [2.24, 2.45) is 0 Å². The summed E-state index contributed by atoms with van der Waals surface area (Å²) in [5, 5.41) is 8.11. The maximum Gasteiger partial charge on any atom is 0.471 e. The Kier molecular flexibility index (Phi) is 4.23. The molecule has 0 fully saturated rings.